The molecule has 1 aliphatic rings. The molecule has 1 rings (SSSR count). The van der Waals surface area contributed by atoms with Crippen molar-refractivity contribution in [3.8, 4) is 12.3 Å². The Labute approximate surface area is 74.7 Å². The molecule has 1 fully saturated rings. The minimum absolute atomic E-state index is 0.224. The smallest absolute Gasteiger partial charge is 0.0684 e. The van der Waals surface area contributed by atoms with Gasteiger partial charge in [0.15, 0.2) is 0 Å². The Hall–Kier alpha value is -0.520. The molecule has 0 radical (unpaired) electrons. The maximum absolute atomic E-state index is 5.33. The van der Waals surface area contributed by atoms with Gasteiger partial charge < -0.3 is 10.1 Å². The van der Waals surface area contributed by atoms with E-state index in [1.807, 2.05) is 0 Å². The van der Waals surface area contributed by atoms with Gasteiger partial charge in [0.1, 0.15) is 0 Å². The monoisotopic (exact) mass is 167 g/mol. The summed E-state index contributed by atoms with van der Waals surface area (Å²) in [5, 5.41) is 3.35. The summed E-state index contributed by atoms with van der Waals surface area (Å²) in [4.78, 5) is 0. The quantitative estimate of drug-likeness (QED) is 0.631. The molecule has 1 N–H and O–H groups in total. The third kappa shape index (κ3) is 2.23. The normalized spacial score (nSPS) is 22.4. The van der Waals surface area contributed by atoms with E-state index in [9.17, 15) is 0 Å². The summed E-state index contributed by atoms with van der Waals surface area (Å²) in [5.74, 6) is 2.72. The lowest BCUT2D eigenvalue weighted by Crippen LogP contribution is -2.49. The van der Waals surface area contributed by atoms with Crippen molar-refractivity contribution in [3.05, 3.63) is 0 Å². The van der Waals surface area contributed by atoms with Gasteiger partial charge in [0.2, 0.25) is 0 Å². The van der Waals surface area contributed by atoms with Crippen LogP contribution in [0.3, 0.4) is 0 Å². The van der Waals surface area contributed by atoms with E-state index in [1.54, 1.807) is 0 Å². The summed E-state index contributed by atoms with van der Waals surface area (Å²) in [5.41, 5.74) is 0.324. The van der Waals surface area contributed by atoms with Crippen LogP contribution in [0.5, 0.6) is 0 Å². The van der Waals surface area contributed by atoms with Gasteiger partial charge >= 0.3 is 0 Å². The molecule has 0 aromatic rings. The number of ether oxygens (including phenoxy) is 1. The summed E-state index contributed by atoms with van der Waals surface area (Å²) >= 11 is 0. The first-order chi connectivity index (χ1) is 5.70. The third-order valence-corrected chi connectivity index (χ3v) is 2.29. The first kappa shape index (κ1) is 9.57. The predicted octanol–water partition coefficient (Wildman–Crippen LogP) is 1.02. The minimum atomic E-state index is 0.224. The molecule has 1 atom stereocenters. The number of nitrogens with one attached hydrogen (secondary N) is 1. The molecule has 0 aliphatic carbocycles. The Kier molecular flexibility index (Phi) is 3.13. The molecule has 0 aromatic heterocycles. The molecule has 0 aromatic carbocycles. The molecule has 12 heavy (non-hydrogen) atoms. The van der Waals surface area contributed by atoms with Crippen LogP contribution in [0.15, 0.2) is 0 Å². The van der Waals surface area contributed by atoms with Crippen molar-refractivity contribution in [3.63, 3.8) is 0 Å². The Bertz CT molecular complexity index is 179. The van der Waals surface area contributed by atoms with Crippen LogP contribution in [0.25, 0.3) is 0 Å². The van der Waals surface area contributed by atoms with E-state index in [0.717, 1.165) is 26.2 Å². The summed E-state index contributed by atoms with van der Waals surface area (Å²) < 4.78 is 5.15. The first-order valence-electron chi connectivity index (χ1n) is 4.47. The Morgan fingerprint density at radius 3 is 2.67 bits per heavy atom. The molecule has 0 amide bonds. The molecule has 1 unspecified atom stereocenters. The number of hydrogen-bond donors (Lipinski definition) is 1. The molecule has 0 saturated carbocycles. The SMILES string of the molecule is C#CC(CC)NCC1(C)COC1. The van der Waals surface area contributed by atoms with Crippen LogP contribution in [0, 0.1) is 17.8 Å². The van der Waals surface area contributed by atoms with Crippen LogP contribution < -0.4 is 5.32 Å². The standard InChI is InChI=1S/C10H17NO/c1-4-9(5-2)11-6-10(3)7-12-8-10/h1,9,11H,5-8H2,2-3H3. The van der Waals surface area contributed by atoms with Crippen molar-refractivity contribution in [2.24, 2.45) is 5.41 Å². The van der Waals surface area contributed by atoms with Gasteiger partial charge in [-0.15, -0.1) is 6.42 Å². The molecule has 0 bridgehead atoms. The van der Waals surface area contributed by atoms with Gasteiger partial charge in [0, 0.05) is 12.0 Å². The fourth-order valence-corrected chi connectivity index (χ4v) is 1.24. The highest BCUT2D eigenvalue weighted by molar-refractivity contribution is 4.99. The van der Waals surface area contributed by atoms with Gasteiger partial charge in [-0.2, -0.15) is 0 Å². The second-order valence-electron chi connectivity index (χ2n) is 3.81. The topological polar surface area (TPSA) is 21.3 Å². The fraction of sp³-hybridized carbons (Fsp3) is 0.800. The average molecular weight is 167 g/mol. The minimum Gasteiger partial charge on any atom is -0.380 e. The van der Waals surface area contributed by atoms with Crippen molar-refractivity contribution in [1.29, 1.82) is 0 Å². The third-order valence-electron chi connectivity index (χ3n) is 2.29. The van der Waals surface area contributed by atoms with Gasteiger partial charge in [-0.1, -0.05) is 19.8 Å². The van der Waals surface area contributed by atoms with Gasteiger partial charge in [0.25, 0.3) is 0 Å². The van der Waals surface area contributed by atoms with E-state index < -0.39 is 0 Å². The Morgan fingerprint density at radius 2 is 2.33 bits per heavy atom. The van der Waals surface area contributed by atoms with E-state index in [2.05, 4.69) is 25.1 Å². The van der Waals surface area contributed by atoms with E-state index in [0.29, 0.717) is 5.41 Å². The van der Waals surface area contributed by atoms with Gasteiger partial charge in [-0.05, 0) is 6.42 Å². The molecule has 0 spiro atoms. The van der Waals surface area contributed by atoms with Crippen LogP contribution >= 0.6 is 0 Å². The lowest BCUT2D eigenvalue weighted by molar-refractivity contribution is -0.0995. The second kappa shape index (κ2) is 3.93. The maximum atomic E-state index is 5.33. The molecule has 68 valence electrons. The van der Waals surface area contributed by atoms with E-state index in [1.165, 1.54) is 0 Å². The molecule has 1 heterocycles. The summed E-state index contributed by atoms with van der Waals surface area (Å²) in [7, 11) is 0. The predicted molar refractivity (Wildman–Crippen MR) is 49.8 cm³/mol. The molecular weight excluding hydrogens is 150 g/mol. The van der Waals surface area contributed by atoms with Crippen LogP contribution in [0.2, 0.25) is 0 Å². The molecule has 1 saturated heterocycles. The average Bonchev–Trinajstić information content (AvgIpc) is 2.03. The van der Waals surface area contributed by atoms with Crippen molar-refractivity contribution in [1.82, 2.24) is 5.32 Å². The van der Waals surface area contributed by atoms with Crippen molar-refractivity contribution >= 4 is 0 Å². The number of hydrogen-bond acceptors (Lipinski definition) is 2. The molecule has 1 aliphatic heterocycles. The summed E-state index contributed by atoms with van der Waals surface area (Å²) in [6.07, 6.45) is 6.32. The lowest BCUT2D eigenvalue weighted by Gasteiger charge is -2.38. The largest absolute Gasteiger partial charge is 0.380 e. The van der Waals surface area contributed by atoms with Gasteiger partial charge in [0.05, 0.1) is 19.3 Å². The van der Waals surface area contributed by atoms with E-state index in [4.69, 9.17) is 11.2 Å². The lowest BCUT2D eigenvalue weighted by atomic mass is 9.88. The zero-order valence-corrected chi connectivity index (χ0v) is 7.89. The van der Waals surface area contributed by atoms with Crippen molar-refractivity contribution in [2.75, 3.05) is 19.8 Å². The number of rotatable bonds is 4. The van der Waals surface area contributed by atoms with Gasteiger partial charge in [-0.25, -0.2) is 0 Å². The highest BCUT2D eigenvalue weighted by Crippen LogP contribution is 2.25. The zero-order valence-electron chi connectivity index (χ0n) is 7.89. The highest BCUT2D eigenvalue weighted by Gasteiger charge is 2.33. The maximum Gasteiger partial charge on any atom is 0.0684 e. The number of terminal acetylenes is 1. The van der Waals surface area contributed by atoms with Crippen LogP contribution in [-0.2, 0) is 4.74 Å². The van der Waals surface area contributed by atoms with E-state index >= 15 is 0 Å². The van der Waals surface area contributed by atoms with Crippen molar-refractivity contribution < 1.29 is 4.74 Å². The van der Waals surface area contributed by atoms with Crippen LogP contribution in [0.1, 0.15) is 20.3 Å². The molecule has 2 heteroatoms. The van der Waals surface area contributed by atoms with Crippen LogP contribution in [0.4, 0.5) is 0 Å². The Balaban J connectivity index is 2.20. The van der Waals surface area contributed by atoms with E-state index in [-0.39, 0.29) is 6.04 Å². The molecular formula is C10H17NO. The summed E-state index contributed by atoms with van der Waals surface area (Å²) in [6, 6.07) is 0.224. The summed E-state index contributed by atoms with van der Waals surface area (Å²) in [6.45, 7) is 7.00. The highest BCUT2D eigenvalue weighted by atomic mass is 16.5. The fourth-order valence-electron chi connectivity index (χ4n) is 1.24. The second-order valence-corrected chi connectivity index (χ2v) is 3.81. The van der Waals surface area contributed by atoms with Crippen LogP contribution in [-0.4, -0.2) is 25.8 Å². The molecule has 2 nitrogen and oxygen atoms in total. The first-order valence-corrected chi connectivity index (χ1v) is 4.47. The van der Waals surface area contributed by atoms with Gasteiger partial charge in [-0.3, -0.25) is 0 Å². The van der Waals surface area contributed by atoms with Crippen molar-refractivity contribution in [2.45, 2.75) is 26.3 Å². The Morgan fingerprint density at radius 1 is 1.67 bits per heavy atom. The zero-order chi connectivity index (χ0) is 9.03.